The molecule has 0 radical (unpaired) electrons. The second kappa shape index (κ2) is 10.1. The summed E-state index contributed by atoms with van der Waals surface area (Å²) in [6, 6.07) is 9.93. The van der Waals surface area contributed by atoms with Gasteiger partial charge in [-0.1, -0.05) is 48.1 Å². The lowest BCUT2D eigenvalue weighted by Gasteiger charge is -2.25. The van der Waals surface area contributed by atoms with Crippen LogP contribution in [0.3, 0.4) is 0 Å². The third-order valence-corrected chi connectivity index (χ3v) is 5.17. The molecule has 0 aromatic heterocycles. The van der Waals surface area contributed by atoms with Crippen LogP contribution in [0.5, 0.6) is 0 Å². The van der Waals surface area contributed by atoms with Crippen LogP contribution in [0.4, 0.5) is 4.79 Å². The first kappa shape index (κ1) is 19.4. The number of hydrogen-bond donors (Lipinski definition) is 2. The predicted octanol–water partition coefficient (Wildman–Crippen LogP) is 3.49. The lowest BCUT2D eigenvalue weighted by atomic mass is 9.97. The van der Waals surface area contributed by atoms with Crippen LogP contribution in [0.15, 0.2) is 48.1 Å². The fourth-order valence-electron chi connectivity index (χ4n) is 3.65. The summed E-state index contributed by atoms with van der Waals surface area (Å²) >= 11 is 0. The van der Waals surface area contributed by atoms with Crippen LogP contribution in [0.2, 0.25) is 0 Å². The highest BCUT2D eigenvalue weighted by Gasteiger charge is 2.17. The van der Waals surface area contributed by atoms with Crippen molar-refractivity contribution in [3.05, 3.63) is 53.6 Å². The van der Waals surface area contributed by atoms with E-state index in [1.807, 2.05) is 18.2 Å². The molecule has 1 aliphatic heterocycles. The molecule has 2 N–H and O–H groups in total. The molecule has 0 fully saturated rings. The zero-order valence-corrected chi connectivity index (χ0v) is 15.9. The molecular weight excluding hydrogens is 338 g/mol. The van der Waals surface area contributed by atoms with E-state index in [-0.39, 0.29) is 12.5 Å². The summed E-state index contributed by atoms with van der Waals surface area (Å²) in [6.07, 6.45) is 11.0. The molecule has 5 heteroatoms. The number of urea groups is 1. The average Bonchev–Trinajstić information content (AvgIpc) is 2.70. The van der Waals surface area contributed by atoms with E-state index in [4.69, 9.17) is 0 Å². The van der Waals surface area contributed by atoms with Gasteiger partial charge in [-0.25, -0.2) is 4.79 Å². The third kappa shape index (κ3) is 6.36. The molecule has 0 saturated carbocycles. The van der Waals surface area contributed by atoms with Gasteiger partial charge in [0.25, 0.3) is 0 Å². The van der Waals surface area contributed by atoms with Gasteiger partial charge in [0.05, 0.1) is 6.54 Å². The standard InChI is InChI=1S/C22H29N3O2/c26-21(24-22(27)23-14-11-18-7-3-1-4-8-18)17-25-15-12-20(13-16-25)19-9-5-2-6-10-19/h2,5-7,9-10,12H,1,3-4,8,11,13-17H2,(H2,23,24,26,27). The fourth-order valence-corrected chi connectivity index (χ4v) is 3.65. The normalized spacial score (nSPS) is 17.6. The summed E-state index contributed by atoms with van der Waals surface area (Å²) in [4.78, 5) is 26.0. The number of amides is 3. The van der Waals surface area contributed by atoms with Gasteiger partial charge in [0.1, 0.15) is 0 Å². The number of carbonyl (C=O) groups is 2. The Bertz CT molecular complexity index is 710. The zero-order chi connectivity index (χ0) is 18.9. The Morgan fingerprint density at radius 1 is 1.04 bits per heavy atom. The van der Waals surface area contributed by atoms with Crippen LogP contribution < -0.4 is 10.6 Å². The maximum atomic E-state index is 12.1. The van der Waals surface area contributed by atoms with Crippen molar-refractivity contribution in [1.29, 1.82) is 0 Å². The predicted molar refractivity (Wildman–Crippen MR) is 108 cm³/mol. The summed E-state index contributed by atoms with van der Waals surface area (Å²) in [5, 5.41) is 5.22. The first-order valence-electron chi connectivity index (χ1n) is 9.93. The van der Waals surface area contributed by atoms with Crippen LogP contribution in [-0.2, 0) is 4.79 Å². The van der Waals surface area contributed by atoms with Gasteiger partial charge in [0.2, 0.25) is 5.91 Å². The monoisotopic (exact) mass is 367 g/mol. The van der Waals surface area contributed by atoms with E-state index in [2.05, 4.69) is 39.8 Å². The number of imide groups is 1. The van der Waals surface area contributed by atoms with E-state index in [1.165, 1.54) is 29.6 Å². The van der Waals surface area contributed by atoms with Crippen molar-refractivity contribution >= 4 is 17.5 Å². The number of nitrogens with one attached hydrogen (secondary N) is 2. The quantitative estimate of drug-likeness (QED) is 0.757. The molecule has 0 atom stereocenters. The van der Waals surface area contributed by atoms with E-state index in [0.717, 1.165) is 38.8 Å². The highest BCUT2D eigenvalue weighted by Crippen LogP contribution is 2.21. The maximum absolute atomic E-state index is 12.1. The molecule has 2 aliphatic rings. The summed E-state index contributed by atoms with van der Waals surface area (Å²) in [5.41, 5.74) is 3.98. The molecule has 1 aromatic carbocycles. The average molecular weight is 367 g/mol. The van der Waals surface area contributed by atoms with Gasteiger partial charge in [-0.05, 0) is 49.7 Å². The Balaban J connectivity index is 1.35. The topological polar surface area (TPSA) is 61.4 Å². The minimum atomic E-state index is -0.395. The van der Waals surface area contributed by atoms with E-state index < -0.39 is 6.03 Å². The lowest BCUT2D eigenvalue weighted by molar-refractivity contribution is -0.121. The van der Waals surface area contributed by atoms with Crippen LogP contribution in [0, 0.1) is 0 Å². The smallest absolute Gasteiger partial charge is 0.321 e. The second-order valence-electron chi connectivity index (χ2n) is 7.24. The second-order valence-corrected chi connectivity index (χ2v) is 7.24. The van der Waals surface area contributed by atoms with E-state index in [1.54, 1.807) is 0 Å². The van der Waals surface area contributed by atoms with Crippen LogP contribution in [-0.4, -0.2) is 43.0 Å². The Morgan fingerprint density at radius 3 is 2.59 bits per heavy atom. The number of nitrogens with zero attached hydrogens (tertiary/aromatic N) is 1. The number of allylic oxidation sites excluding steroid dienone is 1. The molecule has 3 rings (SSSR count). The Morgan fingerprint density at radius 2 is 1.89 bits per heavy atom. The summed E-state index contributed by atoms with van der Waals surface area (Å²) in [7, 11) is 0. The van der Waals surface area contributed by atoms with Gasteiger partial charge in [0.15, 0.2) is 0 Å². The number of rotatable bonds is 6. The molecular formula is C22H29N3O2. The Hall–Kier alpha value is -2.40. The minimum Gasteiger partial charge on any atom is -0.337 e. The van der Waals surface area contributed by atoms with Crippen molar-refractivity contribution in [1.82, 2.24) is 15.5 Å². The number of carbonyl (C=O) groups excluding carboxylic acids is 2. The SMILES string of the molecule is O=C(CN1CC=C(c2ccccc2)CC1)NC(=O)NCCC1=CCCCC1. The van der Waals surface area contributed by atoms with E-state index >= 15 is 0 Å². The highest BCUT2D eigenvalue weighted by atomic mass is 16.2. The number of benzene rings is 1. The largest absolute Gasteiger partial charge is 0.337 e. The van der Waals surface area contributed by atoms with Gasteiger partial charge in [-0.2, -0.15) is 0 Å². The van der Waals surface area contributed by atoms with Crippen LogP contribution >= 0.6 is 0 Å². The van der Waals surface area contributed by atoms with Crippen molar-refractivity contribution in [3.8, 4) is 0 Å². The summed E-state index contributed by atoms with van der Waals surface area (Å²) < 4.78 is 0. The van der Waals surface area contributed by atoms with Crippen molar-refractivity contribution < 1.29 is 9.59 Å². The zero-order valence-electron chi connectivity index (χ0n) is 15.9. The molecule has 1 aliphatic carbocycles. The molecule has 0 bridgehead atoms. The lowest BCUT2D eigenvalue weighted by Crippen LogP contribution is -2.45. The van der Waals surface area contributed by atoms with Gasteiger partial charge >= 0.3 is 6.03 Å². The fraction of sp³-hybridized carbons (Fsp3) is 0.455. The highest BCUT2D eigenvalue weighted by molar-refractivity contribution is 5.95. The van der Waals surface area contributed by atoms with Gasteiger partial charge < -0.3 is 5.32 Å². The van der Waals surface area contributed by atoms with Crippen LogP contribution in [0.25, 0.3) is 5.57 Å². The van der Waals surface area contributed by atoms with Crippen molar-refractivity contribution in [2.24, 2.45) is 0 Å². The van der Waals surface area contributed by atoms with Crippen molar-refractivity contribution in [2.45, 2.75) is 38.5 Å². The van der Waals surface area contributed by atoms with Gasteiger partial charge in [-0.3, -0.25) is 15.0 Å². The third-order valence-electron chi connectivity index (χ3n) is 5.17. The van der Waals surface area contributed by atoms with Crippen LogP contribution in [0.1, 0.15) is 44.1 Å². The van der Waals surface area contributed by atoms with E-state index in [0.29, 0.717) is 6.54 Å². The summed E-state index contributed by atoms with van der Waals surface area (Å²) in [5.74, 6) is -0.249. The van der Waals surface area contributed by atoms with E-state index in [9.17, 15) is 9.59 Å². The molecule has 5 nitrogen and oxygen atoms in total. The minimum absolute atomic E-state index is 0.247. The summed E-state index contributed by atoms with van der Waals surface area (Å²) in [6.45, 7) is 2.38. The molecule has 1 aromatic rings. The molecule has 1 heterocycles. The Kier molecular flexibility index (Phi) is 7.22. The molecule has 0 spiro atoms. The van der Waals surface area contributed by atoms with Gasteiger partial charge in [-0.15, -0.1) is 0 Å². The first-order valence-corrected chi connectivity index (χ1v) is 9.93. The van der Waals surface area contributed by atoms with Gasteiger partial charge in [0, 0.05) is 19.6 Å². The first-order chi connectivity index (χ1) is 13.2. The molecule has 144 valence electrons. The molecule has 0 unspecified atom stereocenters. The number of hydrogen-bond acceptors (Lipinski definition) is 3. The maximum Gasteiger partial charge on any atom is 0.321 e. The molecule has 27 heavy (non-hydrogen) atoms. The molecule has 0 saturated heterocycles. The molecule has 3 amide bonds. The Labute approximate surface area is 161 Å². The van der Waals surface area contributed by atoms with Crippen molar-refractivity contribution in [3.63, 3.8) is 0 Å². The van der Waals surface area contributed by atoms with Crippen molar-refractivity contribution in [2.75, 3.05) is 26.2 Å².